The maximum atomic E-state index is 12.4. The van der Waals surface area contributed by atoms with Crippen molar-refractivity contribution in [2.75, 3.05) is 0 Å². The Morgan fingerprint density at radius 3 is 2.23 bits per heavy atom. The van der Waals surface area contributed by atoms with E-state index in [4.69, 9.17) is 0 Å². The second-order valence-electron chi connectivity index (χ2n) is 2.69. The maximum absolute atomic E-state index is 12.4. The van der Waals surface area contributed by atoms with Crippen molar-refractivity contribution in [3.05, 3.63) is 29.8 Å². The van der Waals surface area contributed by atoms with E-state index in [9.17, 15) is 8.78 Å². The molecule has 1 rings (SSSR count). The summed E-state index contributed by atoms with van der Waals surface area (Å²) >= 11 is 3.25. The van der Waals surface area contributed by atoms with Crippen molar-refractivity contribution in [1.82, 2.24) is 0 Å². The van der Waals surface area contributed by atoms with Crippen LogP contribution in [0, 0.1) is 0 Å². The van der Waals surface area contributed by atoms with E-state index in [1.807, 2.05) is 0 Å². The van der Waals surface area contributed by atoms with Gasteiger partial charge in [-0.15, -0.1) is 0 Å². The maximum Gasteiger partial charge on any atom is 0.394 e. The Morgan fingerprint density at radius 1 is 1.31 bits per heavy atom. The summed E-state index contributed by atoms with van der Waals surface area (Å²) < 4.78 is 29.1. The normalized spacial score (nSPS) is 11.4. The molecule has 0 aromatic heterocycles. The Hall–Kier alpha value is -0.640. The van der Waals surface area contributed by atoms with Crippen LogP contribution in [-0.2, 0) is 5.33 Å². The molecule has 1 nitrogen and oxygen atoms in total. The Balaban J connectivity index is 2.70. The number of hydrogen-bond donors (Lipinski definition) is 0. The van der Waals surface area contributed by atoms with Gasteiger partial charge in [-0.1, -0.05) is 28.1 Å². The highest BCUT2D eigenvalue weighted by atomic mass is 79.9. The molecule has 0 aliphatic heterocycles. The molecule has 0 spiro atoms. The quantitative estimate of drug-likeness (QED) is 0.746. The van der Waals surface area contributed by atoms with Crippen molar-refractivity contribution in [3.8, 4) is 5.75 Å². The molecule has 0 N–H and O–H groups in total. The molecule has 0 fully saturated rings. The van der Waals surface area contributed by atoms with Gasteiger partial charge >= 0.3 is 6.11 Å². The fourth-order valence-corrected chi connectivity index (χ4v) is 1.23. The van der Waals surface area contributed by atoms with Crippen molar-refractivity contribution in [2.45, 2.75) is 18.4 Å². The van der Waals surface area contributed by atoms with Gasteiger partial charge < -0.3 is 4.74 Å². The average Bonchev–Trinajstić information content (AvgIpc) is 2.03. The molecule has 1 aromatic rings. The molecule has 0 radical (unpaired) electrons. The summed E-state index contributed by atoms with van der Waals surface area (Å²) in [4.78, 5) is 0. The van der Waals surface area contributed by atoms with Gasteiger partial charge in [-0.05, 0) is 17.7 Å². The van der Waals surface area contributed by atoms with Crippen LogP contribution in [0.5, 0.6) is 5.75 Å². The summed E-state index contributed by atoms with van der Waals surface area (Å²) in [7, 11) is 0. The molecule has 0 bridgehead atoms. The van der Waals surface area contributed by atoms with E-state index in [2.05, 4.69) is 20.7 Å². The van der Waals surface area contributed by atoms with Gasteiger partial charge in [0.2, 0.25) is 0 Å². The lowest BCUT2D eigenvalue weighted by atomic mass is 10.2. The van der Waals surface area contributed by atoms with Gasteiger partial charge in [0.05, 0.1) is 0 Å². The molecule has 4 heteroatoms. The van der Waals surface area contributed by atoms with E-state index in [1.54, 1.807) is 12.1 Å². The third-order valence-electron chi connectivity index (χ3n) is 1.37. The highest BCUT2D eigenvalue weighted by Crippen LogP contribution is 2.21. The van der Waals surface area contributed by atoms with Crippen LogP contribution >= 0.6 is 15.9 Å². The summed E-state index contributed by atoms with van der Waals surface area (Å²) in [5.74, 6) is 0.178. The minimum absolute atomic E-state index is 0.178. The summed E-state index contributed by atoms with van der Waals surface area (Å²) in [6, 6.07) is 6.51. The third-order valence-corrected chi connectivity index (χ3v) is 2.02. The molecular formula is C9H9BrF2O. The lowest BCUT2D eigenvalue weighted by Crippen LogP contribution is -2.18. The van der Waals surface area contributed by atoms with Crippen LogP contribution in [0.4, 0.5) is 8.78 Å². The van der Waals surface area contributed by atoms with Crippen LogP contribution in [0.15, 0.2) is 24.3 Å². The molecule has 0 saturated carbocycles. The van der Waals surface area contributed by atoms with Crippen molar-refractivity contribution >= 4 is 15.9 Å². The molecule has 0 heterocycles. The first-order chi connectivity index (χ1) is 6.01. The SMILES string of the molecule is CC(F)(F)Oc1ccc(CBr)cc1. The second-order valence-corrected chi connectivity index (χ2v) is 3.25. The van der Waals surface area contributed by atoms with Crippen LogP contribution in [0.1, 0.15) is 12.5 Å². The highest BCUT2D eigenvalue weighted by molar-refractivity contribution is 9.08. The van der Waals surface area contributed by atoms with Crippen molar-refractivity contribution < 1.29 is 13.5 Å². The molecule has 0 amide bonds. The molecule has 72 valence electrons. The molecule has 0 aliphatic carbocycles. The summed E-state index contributed by atoms with van der Waals surface area (Å²) in [6.45, 7) is 0.714. The predicted molar refractivity (Wildman–Crippen MR) is 50.3 cm³/mol. The van der Waals surface area contributed by atoms with Gasteiger partial charge in [0.25, 0.3) is 0 Å². The first-order valence-corrected chi connectivity index (χ1v) is 4.85. The molecule has 1 aromatic carbocycles. The Bertz CT molecular complexity index is 266. The van der Waals surface area contributed by atoms with E-state index in [1.165, 1.54) is 12.1 Å². The van der Waals surface area contributed by atoms with Crippen molar-refractivity contribution in [3.63, 3.8) is 0 Å². The van der Waals surface area contributed by atoms with Crippen molar-refractivity contribution in [1.29, 1.82) is 0 Å². The van der Waals surface area contributed by atoms with E-state index in [0.717, 1.165) is 5.56 Å². The van der Waals surface area contributed by atoms with E-state index >= 15 is 0 Å². The zero-order chi connectivity index (χ0) is 9.90. The van der Waals surface area contributed by atoms with Gasteiger partial charge in [0, 0.05) is 12.3 Å². The van der Waals surface area contributed by atoms with E-state index in [-0.39, 0.29) is 5.75 Å². The van der Waals surface area contributed by atoms with E-state index in [0.29, 0.717) is 12.3 Å². The molecule has 13 heavy (non-hydrogen) atoms. The Labute approximate surface area is 83.8 Å². The Morgan fingerprint density at radius 2 is 1.85 bits per heavy atom. The number of rotatable bonds is 3. The fraction of sp³-hybridized carbons (Fsp3) is 0.333. The lowest BCUT2D eigenvalue weighted by Gasteiger charge is -2.12. The van der Waals surface area contributed by atoms with Gasteiger partial charge in [-0.2, -0.15) is 8.78 Å². The molecule has 0 saturated heterocycles. The standard InChI is InChI=1S/C9H9BrF2O/c1-9(11,12)13-8-4-2-7(6-10)3-5-8/h2-5H,6H2,1H3. The first-order valence-electron chi connectivity index (χ1n) is 3.73. The number of hydrogen-bond acceptors (Lipinski definition) is 1. The van der Waals surface area contributed by atoms with Gasteiger partial charge in [0.1, 0.15) is 5.75 Å². The lowest BCUT2D eigenvalue weighted by molar-refractivity contribution is -0.158. The van der Waals surface area contributed by atoms with Crippen LogP contribution in [0.2, 0.25) is 0 Å². The minimum atomic E-state index is -3.12. The van der Waals surface area contributed by atoms with Crippen LogP contribution < -0.4 is 4.74 Å². The largest absolute Gasteiger partial charge is 0.433 e. The monoisotopic (exact) mass is 250 g/mol. The van der Waals surface area contributed by atoms with Gasteiger partial charge in [-0.25, -0.2) is 0 Å². The molecule has 0 aliphatic rings. The number of benzene rings is 1. The van der Waals surface area contributed by atoms with Crippen LogP contribution in [0.3, 0.4) is 0 Å². The predicted octanol–water partition coefficient (Wildman–Crippen LogP) is 3.57. The first kappa shape index (κ1) is 10.4. The highest BCUT2D eigenvalue weighted by Gasteiger charge is 2.22. The molecular weight excluding hydrogens is 242 g/mol. The van der Waals surface area contributed by atoms with Crippen molar-refractivity contribution in [2.24, 2.45) is 0 Å². The Kier molecular flexibility index (Phi) is 3.25. The zero-order valence-electron chi connectivity index (χ0n) is 7.06. The zero-order valence-corrected chi connectivity index (χ0v) is 8.64. The number of halogens is 3. The van der Waals surface area contributed by atoms with Crippen LogP contribution in [-0.4, -0.2) is 6.11 Å². The summed E-state index contributed by atoms with van der Waals surface area (Å²) in [5.41, 5.74) is 1.02. The fourth-order valence-electron chi connectivity index (χ4n) is 0.854. The average molecular weight is 251 g/mol. The summed E-state index contributed by atoms with van der Waals surface area (Å²) in [6.07, 6.45) is -3.12. The van der Waals surface area contributed by atoms with Gasteiger partial charge in [-0.3, -0.25) is 0 Å². The second kappa shape index (κ2) is 4.05. The molecule has 0 unspecified atom stereocenters. The van der Waals surface area contributed by atoms with E-state index < -0.39 is 6.11 Å². The van der Waals surface area contributed by atoms with Crippen LogP contribution in [0.25, 0.3) is 0 Å². The van der Waals surface area contributed by atoms with Gasteiger partial charge in [0.15, 0.2) is 0 Å². The molecule has 0 atom stereocenters. The third kappa shape index (κ3) is 3.72. The minimum Gasteiger partial charge on any atom is -0.433 e. The smallest absolute Gasteiger partial charge is 0.394 e. The topological polar surface area (TPSA) is 9.23 Å². The number of ether oxygens (including phenoxy) is 1. The summed E-state index contributed by atoms with van der Waals surface area (Å²) in [5, 5.41) is 0.704. The number of alkyl halides is 3.